The number of aliphatic hydroxyl groups is 1. The van der Waals surface area contributed by atoms with Gasteiger partial charge in [0.1, 0.15) is 12.1 Å². The van der Waals surface area contributed by atoms with Crippen molar-refractivity contribution < 1.29 is 38.6 Å². The average Bonchev–Trinajstić information content (AvgIpc) is 3.70. The van der Waals surface area contributed by atoms with E-state index in [9.17, 15) is 29.1 Å². The second-order valence-electron chi connectivity index (χ2n) is 17.3. The molecule has 1 aliphatic heterocycles. The number of ether oxygens (including phenoxy) is 2. The lowest BCUT2D eigenvalue weighted by molar-refractivity contribution is -0.148. The first-order valence-corrected chi connectivity index (χ1v) is 21.8. The fraction of sp³-hybridized carbons (Fsp3) is 0.756. The maximum Gasteiger partial charge on any atom is 0.245 e. The predicted molar refractivity (Wildman–Crippen MR) is 231 cm³/mol. The summed E-state index contributed by atoms with van der Waals surface area (Å²) >= 11 is 0. The molecule has 14 nitrogen and oxygen atoms in total. The Kier molecular flexibility index (Phi) is 22.1. The lowest BCUT2D eigenvalue weighted by atomic mass is 9.89. The monoisotopic (exact) mass is 831 g/mol. The van der Waals surface area contributed by atoms with Gasteiger partial charge in [-0.15, -0.1) is 0 Å². The molecule has 5 N–H and O–H groups in total. The van der Waals surface area contributed by atoms with Crippen LogP contribution in [0.4, 0.5) is 0 Å². The number of aliphatic hydroxyl groups excluding tert-OH is 1. The average molecular weight is 831 g/mol. The highest BCUT2D eigenvalue weighted by molar-refractivity contribution is 5.92. The molecule has 336 valence electrons. The van der Waals surface area contributed by atoms with Crippen molar-refractivity contribution >= 4 is 29.5 Å². The maximum absolute atomic E-state index is 14.5. The van der Waals surface area contributed by atoms with Crippen molar-refractivity contribution in [2.75, 3.05) is 41.4 Å². The van der Waals surface area contributed by atoms with Crippen LogP contribution in [0.15, 0.2) is 30.3 Å². The van der Waals surface area contributed by atoms with E-state index >= 15 is 0 Å². The zero-order chi connectivity index (χ0) is 44.6. The molecule has 0 radical (unpaired) electrons. The van der Waals surface area contributed by atoms with E-state index in [-0.39, 0.29) is 53.8 Å². The Morgan fingerprint density at radius 3 is 2.07 bits per heavy atom. The van der Waals surface area contributed by atoms with Crippen molar-refractivity contribution in [3.63, 3.8) is 0 Å². The molecule has 1 aliphatic rings. The van der Waals surface area contributed by atoms with Crippen molar-refractivity contribution in [1.82, 2.24) is 25.3 Å². The van der Waals surface area contributed by atoms with Crippen molar-refractivity contribution in [1.29, 1.82) is 0 Å². The van der Waals surface area contributed by atoms with E-state index in [1.807, 2.05) is 71.9 Å². The number of unbranched alkanes of at least 4 members (excludes halogenated alkanes) is 2. The van der Waals surface area contributed by atoms with Crippen LogP contribution in [0.2, 0.25) is 0 Å². The van der Waals surface area contributed by atoms with Crippen molar-refractivity contribution in [2.24, 2.45) is 29.4 Å². The van der Waals surface area contributed by atoms with Crippen molar-refractivity contribution in [3.8, 4) is 0 Å². The topological polar surface area (TPSA) is 184 Å². The molecule has 0 spiro atoms. The van der Waals surface area contributed by atoms with Crippen LogP contribution in [0.3, 0.4) is 0 Å². The Morgan fingerprint density at radius 2 is 1.53 bits per heavy atom. The van der Waals surface area contributed by atoms with E-state index in [0.29, 0.717) is 44.3 Å². The predicted octanol–water partition coefficient (Wildman–Crippen LogP) is 4.29. The van der Waals surface area contributed by atoms with Gasteiger partial charge in [-0.1, -0.05) is 91.6 Å². The third-order valence-electron chi connectivity index (χ3n) is 12.3. The Balaban J connectivity index is 2.26. The number of carbonyl (C=O) groups excluding carboxylic acids is 5. The fourth-order valence-electron chi connectivity index (χ4n) is 8.51. The Hall–Kier alpha value is -3.59. The molecule has 14 heteroatoms. The number of benzene rings is 1. The second-order valence-corrected chi connectivity index (χ2v) is 17.3. The van der Waals surface area contributed by atoms with Gasteiger partial charge in [-0.25, -0.2) is 0 Å². The van der Waals surface area contributed by atoms with E-state index in [1.54, 1.807) is 52.0 Å². The number of hydrogen-bond donors (Lipinski definition) is 4. The van der Waals surface area contributed by atoms with Crippen molar-refractivity contribution in [2.45, 2.75) is 155 Å². The Labute approximate surface area is 354 Å². The normalized spacial score (nSPS) is 18.9. The summed E-state index contributed by atoms with van der Waals surface area (Å²) in [6.45, 7) is 16.1. The van der Waals surface area contributed by atoms with Gasteiger partial charge in [0.2, 0.25) is 29.5 Å². The Morgan fingerprint density at radius 1 is 0.881 bits per heavy atom. The number of carbonyl (C=O) groups is 5. The molecule has 2 rings (SSSR count). The maximum atomic E-state index is 14.5. The molecule has 0 aromatic heterocycles. The zero-order valence-electron chi connectivity index (χ0n) is 38.1. The van der Waals surface area contributed by atoms with Crippen LogP contribution in [0.25, 0.3) is 0 Å². The lowest BCUT2D eigenvalue weighted by Gasteiger charge is -2.41. The summed E-state index contributed by atoms with van der Waals surface area (Å²) in [5.74, 6) is -2.47. The third kappa shape index (κ3) is 14.3. The number of nitrogens with one attached hydrogen (secondary N) is 2. The molecule has 1 saturated heterocycles. The van der Waals surface area contributed by atoms with Crippen LogP contribution in [0.5, 0.6) is 0 Å². The van der Waals surface area contributed by atoms with Crippen LogP contribution in [-0.2, 0) is 33.4 Å². The summed E-state index contributed by atoms with van der Waals surface area (Å²) in [5, 5.41) is 16.8. The summed E-state index contributed by atoms with van der Waals surface area (Å²) in [4.78, 5) is 74.2. The number of amides is 5. The van der Waals surface area contributed by atoms with Crippen LogP contribution in [-0.4, -0.2) is 133 Å². The van der Waals surface area contributed by atoms with Gasteiger partial charge >= 0.3 is 0 Å². The van der Waals surface area contributed by atoms with E-state index in [1.165, 1.54) is 4.90 Å². The highest BCUT2D eigenvalue weighted by Gasteiger charge is 2.43. The van der Waals surface area contributed by atoms with Gasteiger partial charge in [-0.3, -0.25) is 24.0 Å². The minimum atomic E-state index is -0.893. The third-order valence-corrected chi connectivity index (χ3v) is 12.3. The number of likely N-dealkylation sites (tertiary alicyclic amines) is 1. The van der Waals surface area contributed by atoms with Crippen LogP contribution in [0.1, 0.15) is 118 Å². The molecule has 1 aromatic rings. The zero-order valence-corrected chi connectivity index (χ0v) is 38.1. The van der Waals surface area contributed by atoms with Gasteiger partial charge in [0.05, 0.1) is 48.8 Å². The first-order valence-electron chi connectivity index (χ1n) is 21.8. The summed E-state index contributed by atoms with van der Waals surface area (Å²) in [6.07, 6.45) is 2.57. The van der Waals surface area contributed by atoms with Gasteiger partial charge in [-0.05, 0) is 62.5 Å². The molecule has 3 unspecified atom stereocenters. The highest BCUT2D eigenvalue weighted by Crippen LogP contribution is 2.30. The number of likely N-dealkylation sites (N-methyl/N-ethyl adjacent to an activating group) is 2. The summed E-state index contributed by atoms with van der Waals surface area (Å²) < 4.78 is 12.0. The van der Waals surface area contributed by atoms with Crippen molar-refractivity contribution in [3.05, 3.63) is 35.9 Å². The molecule has 1 aromatic carbocycles. The summed E-state index contributed by atoms with van der Waals surface area (Å²) in [7, 11) is 6.42. The number of rotatable bonds is 25. The van der Waals surface area contributed by atoms with E-state index in [4.69, 9.17) is 15.2 Å². The summed E-state index contributed by atoms with van der Waals surface area (Å²) in [5.41, 5.74) is 6.31. The number of nitrogens with two attached hydrogens (primary N) is 1. The minimum Gasteiger partial charge on any atom is -0.386 e. The lowest BCUT2D eigenvalue weighted by Crippen LogP contribution is -2.60. The van der Waals surface area contributed by atoms with E-state index < -0.39 is 54.3 Å². The van der Waals surface area contributed by atoms with Gasteiger partial charge in [-0.2, -0.15) is 0 Å². The molecule has 59 heavy (non-hydrogen) atoms. The van der Waals surface area contributed by atoms with Gasteiger partial charge in [0.25, 0.3) is 0 Å². The molecular formula is C45H78N6O8. The first kappa shape index (κ1) is 51.6. The summed E-state index contributed by atoms with van der Waals surface area (Å²) in [6, 6.07) is 6.05. The SMILES string of the molecule is CC[C@H](C)[C@@H]([C@@H](CC(=O)N1CCC[C@H]1C(OC)[C@@H](C)C(=O)NC(C)C(O)c1ccccc1)OC)N(C)C(=O)[C@@H](NC(=O)[C@H](C(C)C)N(C)C(=O)CCCCCN)C(C)C. The molecule has 1 heterocycles. The molecule has 10 atom stereocenters. The first-order chi connectivity index (χ1) is 27.9. The van der Waals surface area contributed by atoms with Crippen LogP contribution < -0.4 is 16.4 Å². The minimum absolute atomic E-state index is 0.0107. The Bertz CT molecular complexity index is 1460. The van der Waals surface area contributed by atoms with E-state index in [2.05, 4.69) is 10.6 Å². The molecule has 1 fully saturated rings. The molecular weight excluding hydrogens is 753 g/mol. The fourth-order valence-corrected chi connectivity index (χ4v) is 8.51. The standard InChI is InChI=1S/C45H78N6O8/c1-13-30(6)40(50(10)45(57)38(28(2)3)48-44(56)39(29(4)5)49(9)36(52)24-18-15-19-25-46)35(58-11)27-37(53)51-26-20-23-34(51)42(59-12)31(7)43(55)47-32(8)41(54)33-21-16-14-17-22-33/h14,16-17,21-22,28-32,34-35,38-42,54H,13,15,18-20,23-27,46H2,1-12H3,(H,47,55)(H,48,56)/t30-,31+,32?,34-,35+,38-,39-,40-,41?,42?/m0/s1. The quantitative estimate of drug-likeness (QED) is 0.105. The van der Waals surface area contributed by atoms with Crippen LogP contribution in [0, 0.1) is 23.7 Å². The molecule has 0 saturated carbocycles. The molecule has 5 amide bonds. The largest absolute Gasteiger partial charge is 0.386 e. The van der Waals surface area contributed by atoms with Gasteiger partial charge < -0.3 is 45.6 Å². The van der Waals surface area contributed by atoms with Gasteiger partial charge in [0.15, 0.2) is 0 Å². The molecule has 0 aliphatic carbocycles. The van der Waals surface area contributed by atoms with Gasteiger partial charge in [0, 0.05) is 41.3 Å². The number of methoxy groups -OCH3 is 2. The second kappa shape index (κ2) is 25.2. The number of hydrogen-bond acceptors (Lipinski definition) is 9. The van der Waals surface area contributed by atoms with Crippen LogP contribution >= 0.6 is 0 Å². The number of nitrogens with zero attached hydrogens (tertiary/aromatic N) is 3. The highest BCUT2D eigenvalue weighted by atomic mass is 16.5. The molecule has 0 bridgehead atoms. The smallest absolute Gasteiger partial charge is 0.245 e. The van der Waals surface area contributed by atoms with E-state index in [0.717, 1.165) is 19.3 Å².